The molecule has 0 heterocycles. The van der Waals surface area contributed by atoms with Crippen LogP contribution in [0.2, 0.25) is 0 Å². The van der Waals surface area contributed by atoms with Crippen molar-refractivity contribution in [2.75, 3.05) is 0 Å². The van der Waals surface area contributed by atoms with E-state index in [0.29, 0.717) is 5.56 Å². The molecular formula is C16H13F3NO. The van der Waals surface area contributed by atoms with Gasteiger partial charge in [-0.05, 0) is 17.2 Å². The van der Waals surface area contributed by atoms with Gasteiger partial charge in [0.05, 0.1) is 18.5 Å². The smallest absolute Gasteiger partial charge is 0.273 e. The van der Waals surface area contributed by atoms with Crippen molar-refractivity contribution in [1.82, 2.24) is 5.32 Å². The van der Waals surface area contributed by atoms with Crippen LogP contribution in [0, 0.1) is 0 Å². The molecule has 0 N–H and O–H groups in total. The molecule has 0 unspecified atom stereocenters. The summed E-state index contributed by atoms with van der Waals surface area (Å²) in [5, 5.41) is 3.86. The second kappa shape index (κ2) is 6.43. The minimum atomic E-state index is -4.40. The highest BCUT2D eigenvalue weighted by molar-refractivity contribution is 5.78. The van der Waals surface area contributed by atoms with E-state index in [0.717, 1.165) is 17.7 Å². The Kier molecular flexibility index (Phi) is 4.62. The van der Waals surface area contributed by atoms with Crippen LogP contribution in [0.4, 0.5) is 13.2 Å². The highest BCUT2D eigenvalue weighted by atomic mass is 19.4. The highest BCUT2D eigenvalue weighted by Gasteiger charge is 2.30. The van der Waals surface area contributed by atoms with Gasteiger partial charge in [0.1, 0.15) is 0 Å². The number of carbonyl (C=O) groups excluding carboxylic acids is 1. The van der Waals surface area contributed by atoms with E-state index < -0.39 is 17.6 Å². The van der Waals surface area contributed by atoms with Gasteiger partial charge in [0, 0.05) is 0 Å². The lowest BCUT2D eigenvalue weighted by atomic mass is 10.1. The van der Waals surface area contributed by atoms with Crippen LogP contribution in [0.25, 0.3) is 0 Å². The van der Waals surface area contributed by atoms with Crippen LogP contribution in [-0.4, -0.2) is 5.91 Å². The first kappa shape index (κ1) is 15.1. The molecule has 0 aliphatic carbocycles. The molecule has 0 bridgehead atoms. The molecule has 0 spiro atoms. The van der Waals surface area contributed by atoms with Crippen molar-refractivity contribution in [3.8, 4) is 0 Å². The fourth-order valence-corrected chi connectivity index (χ4v) is 1.85. The van der Waals surface area contributed by atoms with Crippen molar-refractivity contribution in [2.24, 2.45) is 0 Å². The number of rotatable bonds is 4. The summed E-state index contributed by atoms with van der Waals surface area (Å²) in [4.78, 5) is 11.7. The number of halogens is 3. The molecule has 21 heavy (non-hydrogen) atoms. The number of amides is 1. The second-order valence-electron chi connectivity index (χ2n) is 4.57. The Balaban J connectivity index is 1.94. The van der Waals surface area contributed by atoms with Gasteiger partial charge >= 0.3 is 6.18 Å². The summed E-state index contributed by atoms with van der Waals surface area (Å²) >= 11 is 0. The standard InChI is InChI=1S/C16H13F3NO/c17-16(18,19)14-8-4-7-13(9-14)10-15(21)20-11-12-5-2-1-3-6-12/h1-9H,10-11H2. The van der Waals surface area contributed by atoms with Gasteiger partial charge in [-0.2, -0.15) is 13.2 Å². The highest BCUT2D eigenvalue weighted by Crippen LogP contribution is 2.29. The van der Waals surface area contributed by atoms with E-state index in [9.17, 15) is 18.0 Å². The van der Waals surface area contributed by atoms with Crippen LogP contribution in [0.3, 0.4) is 0 Å². The van der Waals surface area contributed by atoms with Gasteiger partial charge in [0.15, 0.2) is 0 Å². The Labute approximate surface area is 120 Å². The van der Waals surface area contributed by atoms with Crippen LogP contribution in [-0.2, 0) is 23.9 Å². The van der Waals surface area contributed by atoms with Crippen LogP contribution >= 0.6 is 0 Å². The van der Waals surface area contributed by atoms with Crippen molar-refractivity contribution in [3.63, 3.8) is 0 Å². The number of hydrogen-bond donors (Lipinski definition) is 0. The average molecular weight is 292 g/mol. The Morgan fingerprint density at radius 1 is 0.952 bits per heavy atom. The quantitative estimate of drug-likeness (QED) is 0.847. The lowest BCUT2D eigenvalue weighted by Crippen LogP contribution is -2.17. The number of benzene rings is 2. The Hall–Kier alpha value is -2.30. The molecule has 0 saturated carbocycles. The molecule has 2 aromatic carbocycles. The minimum absolute atomic E-state index is 0.128. The van der Waals surface area contributed by atoms with E-state index in [1.807, 2.05) is 30.3 Å². The van der Waals surface area contributed by atoms with Gasteiger partial charge in [-0.25, -0.2) is 5.32 Å². The molecule has 1 radical (unpaired) electrons. The maximum absolute atomic E-state index is 12.6. The molecule has 0 aliphatic heterocycles. The first-order chi connectivity index (χ1) is 9.95. The van der Waals surface area contributed by atoms with E-state index in [2.05, 4.69) is 5.32 Å². The van der Waals surface area contributed by atoms with E-state index in [1.165, 1.54) is 12.1 Å². The summed E-state index contributed by atoms with van der Waals surface area (Å²) in [6, 6.07) is 13.9. The first-order valence-corrected chi connectivity index (χ1v) is 6.35. The SMILES string of the molecule is O=C(Cc1cccc(C(F)(F)F)c1)[N]Cc1ccccc1. The lowest BCUT2D eigenvalue weighted by molar-refractivity contribution is -0.137. The lowest BCUT2D eigenvalue weighted by Gasteiger charge is -2.08. The molecule has 0 atom stereocenters. The maximum Gasteiger partial charge on any atom is 0.416 e. The van der Waals surface area contributed by atoms with E-state index in [1.54, 1.807) is 0 Å². The van der Waals surface area contributed by atoms with Gasteiger partial charge < -0.3 is 0 Å². The summed E-state index contributed by atoms with van der Waals surface area (Å²) in [7, 11) is 0. The fraction of sp³-hybridized carbons (Fsp3) is 0.188. The normalized spacial score (nSPS) is 11.2. The average Bonchev–Trinajstić information content (AvgIpc) is 2.46. The zero-order chi connectivity index (χ0) is 15.3. The Morgan fingerprint density at radius 3 is 2.29 bits per heavy atom. The minimum Gasteiger partial charge on any atom is -0.273 e. The maximum atomic E-state index is 12.6. The molecule has 2 rings (SSSR count). The summed E-state index contributed by atoms with van der Waals surface area (Å²) in [5.41, 5.74) is 0.442. The third-order valence-corrected chi connectivity index (χ3v) is 2.89. The molecule has 0 fully saturated rings. The summed E-state index contributed by atoms with van der Waals surface area (Å²) in [6.07, 6.45) is -4.53. The monoisotopic (exact) mass is 292 g/mol. The number of nitrogens with zero attached hydrogens (tertiary/aromatic N) is 1. The van der Waals surface area contributed by atoms with Crippen LogP contribution in [0.5, 0.6) is 0 Å². The Bertz CT molecular complexity index is 608. The Morgan fingerprint density at radius 2 is 1.62 bits per heavy atom. The largest absolute Gasteiger partial charge is 0.416 e. The molecule has 2 nitrogen and oxygen atoms in total. The molecular weight excluding hydrogens is 279 g/mol. The third kappa shape index (κ3) is 4.63. The fourth-order valence-electron chi connectivity index (χ4n) is 1.85. The van der Waals surface area contributed by atoms with Crippen LogP contribution in [0.15, 0.2) is 54.6 Å². The first-order valence-electron chi connectivity index (χ1n) is 6.35. The van der Waals surface area contributed by atoms with E-state index >= 15 is 0 Å². The molecule has 109 valence electrons. The number of hydrogen-bond acceptors (Lipinski definition) is 1. The van der Waals surface area contributed by atoms with Crippen molar-refractivity contribution in [2.45, 2.75) is 19.1 Å². The molecule has 2 aromatic rings. The van der Waals surface area contributed by atoms with Crippen LogP contribution < -0.4 is 5.32 Å². The van der Waals surface area contributed by atoms with Gasteiger partial charge in [-0.1, -0.05) is 48.5 Å². The second-order valence-corrected chi connectivity index (χ2v) is 4.57. The summed E-state index contributed by atoms with van der Waals surface area (Å²) < 4.78 is 37.7. The predicted molar refractivity (Wildman–Crippen MR) is 72.4 cm³/mol. The van der Waals surface area contributed by atoms with Crippen molar-refractivity contribution < 1.29 is 18.0 Å². The molecule has 0 saturated heterocycles. The zero-order valence-electron chi connectivity index (χ0n) is 11.1. The molecule has 0 aromatic heterocycles. The third-order valence-electron chi connectivity index (χ3n) is 2.89. The summed E-state index contributed by atoms with van der Waals surface area (Å²) in [5.74, 6) is -0.432. The molecule has 0 aliphatic rings. The van der Waals surface area contributed by atoms with E-state index in [-0.39, 0.29) is 13.0 Å². The van der Waals surface area contributed by atoms with E-state index in [4.69, 9.17) is 0 Å². The van der Waals surface area contributed by atoms with Crippen LogP contribution in [0.1, 0.15) is 16.7 Å². The number of alkyl halides is 3. The van der Waals surface area contributed by atoms with Crippen molar-refractivity contribution in [1.29, 1.82) is 0 Å². The zero-order valence-corrected chi connectivity index (χ0v) is 11.1. The number of carbonyl (C=O) groups is 1. The van der Waals surface area contributed by atoms with Crippen molar-refractivity contribution in [3.05, 3.63) is 71.3 Å². The predicted octanol–water partition coefficient (Wildman–Crippen LogP) is 3.58. The summed E-state index contributed by atoms with van der Waals surface area (Å²) in [6.45, 7) is 0.235. The van der Waals surface area contributed by atoms with Gasteiger partial charge in [-0.15, -0.1) is 0 Å². The van der Waals surface area contributed by atoms with Gasteiger partial charge in [-0.3, -0.25) is 4.79 Å². The molecule has 1 amide bonds. The topological polar surface area (TPSA) is 31.2 Å². The van der Waals surface area contributed by atoms with Crippen molar-refractivity contribution >= 4 is 5.91 Å². The van der Waals surface area contributed by atoms with Gasteiger partial charge in [0.25, 0.3) is 0 Å². The molecule has 5 heteroatoms. The van der Waals surface area contributed by atoms with Gasteiger partial charge in [0.2, 0.25) is 5.91 Å².